The average Bonchev–Trinajstić information content (AvgIpc) is 3.11. The maximum absolute atomic E-state index is 12.1. The van der Waals surface area contributed by atoms with Crippen molar-refractivity contribution < 1.29 is 14.3 Å². The summed E-state index contributed by atoms with van der Waals surface area (Å²) in [6.07, 6.45) is 0.163. The van der Waals surface area contributed by atoms with Crippen LogP contribution >= 0.6 is 11.3 Å². The minimum Gasteiger partial charge on any atom is -0.495 e. The van der Waals surface area contributed by atoms with Crippen molar-refractivity contribution in [1.29, 1.82) is 0 Å². The van der Waals surface area contributed by atoms with Gasteiger partial charge in [0.15, 0.2) is 0 Å². The minimum absolute atomic E-state index is 0.163. The maximum atomic E-state index is 12.1. The van der Waals surface area contributed by atoms with Gasteiger partial charge in [-0.3, -0.25) is 25.3 Å². The summed E-state index contributed by atoms with van der Waals surface area (Å²) in [4.78, 5) is 32.6. The molecule has 28 heavy (non-hydrogen) atoms. The molecule has 0 saturated carbocycles. The number of carbonyl (C=O) groups excluding carboxylic acids is 2. The largest absolute Gasteiger partial charge is 0.495 e. The number of para-hydroxylation sites is 2. The minimum atomic E-state index is -0.274. The van der Waals surface area contributed by atoms with Crippen LogP contribution in [0.15, 0.2) is 29.6 Å². The summed E-state index contributed by atoms with van der Waals surface area (Å²) in [6, 6.07) is 7.94. The molecule has 1 aliphatic rings. The van der Waals surface area contributed by atoms with E-state index in [1.165, 1.54) is 11.3 Å². The van der Waals surface area contributed by atoms with Crippen molar-refractivity contribution >= 4 is 28.8 Å². The number of hydrazine groups is 1. The molecule has 1 aromatic heterocycles. The second-order valence-corrected chi connectivity index (χ2v) is 7.53. The summed E-state index contributed by atoms with van der Waals surface area (Å²) in [5, 5.41) is 2.63. The number of aromatic nitrogens is 1. The van der Waals surface area contributed by atoms with E-state index < -0.39 is 0 Å². The highest BCUT2D eigenvalue weighted by Crippen LogP contribution is 2.28. The number of amides is 2. The third kappa shape index (κ3) is 5.43. The van der Waals surface area contributed by atoms with Crippen molar-refractivity contribution in [1.82, 2.24) is 20.7 Å². The van der Waals surface area contributed by atoms with Gasteiger partial charge >= 0.3 is 0 Å². The Morgan fingerprint density at radius 1 is 1.14 bits per heavy atom. The van der Waals surface area contributed by atoms with Crippen LogP contribution in [0.3, 0.4) is 0 Å². The van der Waals surface area contributed by atoms with Gasteiger partial charge in [0.1, 0.15) is 10.8 Å². The van der Waals surface area contributed by atoms with Crippen molar-refractivity contribution in [2.45, 2.75) is 13.3 Å². The van der Waals surface area contributed by atoms with E-state index in [-0.39, 0.29) is 24.8 Å². The molecular formula is C19H25N5O3S. The molecule has 9 heteroatoms. The Hall–Kier alpha value is -2.65. The summed E-state index contributed by atoms with van der Waals surface area (Å²) in [6.45, 7) is 5.27. The first-order valence-corrected chi connectivity index (χ1v) is 10.0. The maximum Gasteiger partial charge on any atom is 0.252 e. The lowest BCUT2D eigenvalue weighted by molar-refractivity contribution is -0.129. The van der Waals surface area contributed by atoms with Crippen LogP contribution in [0.25, 0.3) is 0 Å². The van der Waals surface area contributed by atoms with Gasteiger partial charge in [-0.05, 0) is 19.1 Å². The number of anilines is 1. The number of ether oxygens (including phenoxy) is 1. The highest BCUT2D eigenvalue weighted by Gasteiger charge is 2.21. The van der Waals surface area contributed by atoms with Gasteiger partial charge in [0.2, 0.25) is 5.91 Å². The molecule has 0 aliphatic carbocycles. The molecule has 0 atom stereocenters. The molecule has 2 amide bonds. The number of piperazine rings is 1. The van der Waals surface area contributed by atoms with Crippen LogP contribution in [0.1, 0.15) is 10.7 Å². The number of nitrogens with zero attached hydrogens (tertiary/aromatic N) is 3. The first-order valence-electron chi connectivity index (χ1n) is 9.14. The van der Waals surface area contributed by atoms with Crippen LogP contribution in [0.2, 0.25) is 0 Å². The lowest BCUT2D eigenvalue weighted by Gasteiger charge is -2.36. The van der Waals surface area contributed by atoms with Gasteiger partial charge in [0, 0.05) is 37.3 Å². The summed E-state index contributed by atoms with van der Waals surface area (Å²) < 4.78 is 5.42. The molecular weight excluding hydrogens is 378 g/mol. The molecule has 0 spiro atoms. The standard InChI is InChI=1S/C19H25N5O3S/c1-14-13-28-19(20-14)11-17(25)21-22-18(26)12-23-7-9-24(10-8-23)15-5-3-4-6-16(15)27-2/h3-6,13H,7-12H2,1-2H3,(H,21,25)(H,22,26). The molecule has 0 bridgehead atoms. The molecule has 1 aromatic carbocycles. The van der Waals surface area contributed by atoms with E-state index in [1.54, 1.807) is 7.11 Å². The zero-order valence-electron chi connectivity index (χ0n) is 16.1. The van der Waals surface area contributed by atoms with Crippen LogP contribution in [0.4, 0.5) is 5.69 Å². The van der Waals surface area contributed by atoms with Gasteiger partial charge in [-0.15, -0.1) is 11.3 Å². The van der Waals surface area contributed by atoms with Gasteiger partial charge in [0.05, 0.1) is 25.8 Å². The van der Waals surface area contributed by atoms with E-state index in [2.05, 4.69) is 25.6 Å². The van der Waals surface area contributed by atoms with Crippen molar-refractivity contribution in [3.05, 3.63) is 40.3 Å². The molecule has 1 saturated heterocycles. The Balaban J connectivity index is 1.39. The lowest BCUT2D eigenvalue weighted by atomic mass is 10.2. The number of hydrogen-bond acceptors (Lipinski definition) is 7. The van der Waals surface area contributed by atoms with E-state index in [4.69, 9.17) is 4.74 Å². The quantitative estimate of drug-likeness (QED) is 0.699. The fourth-order valence-corrected chi connectivity index (χ4v) is 3.86. The fraction of sp³-hybridized carbons (Fsp3) is 0.421. The predicted molar refractivity (Wildman–Crippen MR) is 108 cm³/mol. The summed E-state index contributed by atoms with van der Waals surface area (Å²) in [5.41, 5.74) is 6.90. The number of nitrogens with one attached hydrogen (secondary N) is 2. The first kappa shape index (κ1) is 20.1. The number of thiazole rings is 1. The molecule has 2 aromatic rings. The predicted octanol–water partition coefficient (Wildman–Crippen LogP) is 0.972. The van der Waals surface area contributed by atoms with Crippen molar-refractivity contribution in [3.8, 4) is 5.75 Å². The van der Waals surface area contributed by atoms with Gasteiger partial charge in [-0.2, -0.15) is 0 Å². The zero-order chi connectivity index (χ0) is 19.9. The van der Waals surface area contributed by atoms with Crippen LogP contribution in [-0.2, 0) is 16.0 Å². The van der Waals surface area contributed by atoms with Crippen molar-refractivity contribution in [2.75, 3.05) is 44.7 Å². The second-order valence-electron chi connectivity index (χ2n) is 6.59. The number of hydrogen-bond donors (Lipinski definition) is 2. The van der Waals surface area contributed by atoms with E-state index in [9.17, 15) is 9.59 Å². The number of rotatable bonds is 6. The third-order valence-electron chi connectivity index (χ3n) is 4.49. The van der Waals surface area contributed by atoms with Gasteiger partial charge in [-0.1, -0.05) is 12.1 Å². The SMILES string of the molecule is COc1ccccc1N1CCN(CC(=O)NNC(=O)Cc2nc(C)cs2)CC1. The van der Waals surface area contributed by atoms with Gasteiger partial charge < -0.3 is 9.64 Å². The lowest BCUT2D eigenvalue weighted by Crippen LogP contribution is -2.52. The highest BCUT2D eigenvalue weighted by atomic mass is 32.1. The van der Waals surface area contributed by atoms with E-state index >= 15 is 0 Å². The van der Waals surface area contributed by atoms with Crippen LogP contribution in [-0.4, -0.2) is 61.5 Å². The van der Waals surface area contributed by atoms with Gasteiger partial charge in [0.25, 0.3) is 5.91 Å². The normalized spacial score (nSPS) is 14.6. The average molecular weight is 404 g/mol. The Morgan fingerprint density at radius 2 is 1.86 bits per heavy atom. The smallest absolute Gasteiger partial charge is 0.252 e. The van der Waals surface area contributed by atoms with Crippen LogP contribution in [0.5, 0.6) is 5.75 Å². The Kier molecular flexibility index (Phi) is 6.83. The Bertz CT molecular complexity index is 817. The number of methoxy groups -OCH3 is 1. The molecule has 3 rings (SSSR count). The monoisotopic (exact) mass is 403 g/mol. The van der Waals surface area contributed by atoms with Crippen molar-refractivity contribution in [3.63, 3.8) is 0 Å². The second kappa shape index (κ2) is 9.52. The zero-order valence-corrected chi connectivity index (χ0v) is 16.9. The number of carbonyl (C=O) groups is 2. The molecule has 150 valence electrons. The Morgan fingerprint density at radius 3 is 2.54 bits per heavy atom. The molecule has 2 heterocycles. The van der Waals surface area contributed by atoms with E-state index in [0.29, 0.717) is 0 Å². The summed E-state index contributed by atoms with van der Waals surface area (Å²) >= 11 is 1.44. The fourth-order valence-electron chi connectivity index (χ4n) is 3.09. The van der Waals surface area contributed by atoms with Gasteiger partial charge in [-0.25, -0.2) is 4.98 Å². The molecule has 0 radical (unpaired) electrons. The first-order chi connectivity index (χ1) is 13.5. The summed E-state index contributed by atoms with van der Waals surface area (Å²) in [5.74, 6) is 0.352. The third-order valence-corrected chi connectivity index (χ3v) is 5.45. The molecule has 1 fully saturated rings. The van der Waals surface area contributed by atoms with E-state index in [0.717, 1.165) is 48.3 Å². The Labute approximate surface area is 168 Å². The number of benzene rings is 1. The summed E-state index contributed by atoms with van der Waals surface area (Å²) in [7, 11) is 1.67. The van der Waals surface area contributed by atoms with Crippen LogP contribution in [0, 0.1) is 6.92 Å². The molecule has 1 aliphatic heterocycles. The number of aryl methyl sites for hydroxylation is 1. The molecule has 8 nitrogen and oxygen atoms in total. The molecule has 2 N–H and O–H groups in total. The van der Waals surface area contributed by atoms with E-state index in [1.807, 2.05) is 36.6 Å². The van der Waals surface area contributed by atoms with Crippen molar-refractivity contribution in [2.24, 2.45) is 0 Å². The highest BCUT2D eigenvalue weighted by molar-refractivity contribution is 7.09. The van der Waals surface area contributed by atoms with Crippen LogP contribution < -0.4 is 20.5 Å². The topological polar surface area (TPSA) is 86.8 Å². The molecule has 0 unspecified atom stereocenters.